The maximum atomic E-state index is 6.41. The maximum Gasteiger partial charge on any atom is 0.137 e. The summed E-state index contributed by atoms with van der Waals surface area (Å²) in [4.78, 5) is 4.80. The molecule has 0 atom stereocenters. The van der Waals surface area contributed by atoms with Crippen LogP contribution in [0.4, 0.5) is 34.1 Å². The van der Waals surface area contributed by atoms with Gasteiger partial charge in [-0.05, 0) is 106 Å². The molecular weight excluding hydrogens is 749 g/mol. The molecule has 12 aromatic rings. The number of anilines is 6. The third-order valence-corrected chi connectivity index (χ3v) is 12.9. The quantitative estimate of drug-likeness (QED) is 0.150. The first kappa shape index (κ1) is 34.4. The van der Waals surface area contributed by atoms with Crippen molar-refractivity contribution in [2.45, 2.75) is 0 Å². The Hall–Kier alpha value is -7.66. The molecule has 0 spiro atoms. The highest BCUT2D eigenvalue weighted by Crippen LogP contribution is 2.47. The normalized spacial score (nSPS) is 11.7. The Morgan fingerprint density at radius 3 is 1.75 bits per heavy atom. The lowest BCUT2D eigenvalue weighted by molar-refractivity contribution is 0.669. The number of para-hydroxylation sites is 2. The Bertz CT molecular complexity index is 3550. The third-order valence-electron chi connectivity index (χ3n) is 11.8. The molecule has 10 aromatic carbocycles. The van der Waals surface area contributed by atoms with Gasteiger partial charge in [0.1, 0.15) is 11.2 Å². The molecular formula is C56H36N2OS. The van der Waals surface area contributed by atoms with Crippen LogP contribution in [-0.2, 0) is 0 Å². The zero-order chi connectivity index (χ0) is 39.6. The van der Waals surface area contributed by atoms with E-state index in [0.717, 1.165) is 56.1 Å². The Kier molecular flexibility index (Phi) is 8.03. The largest absolute Gasteiger partial charge is 0.456 e. The van der Waals surface area contributed by atoms with Gasteiger partial charge in [-0.1, -0.05) is 140 Å². The summed E-state index contributed by atoms with van der Waals surface area (Å²) in [5.74, 6) is 0. The van der Waals surface area contributed by atoms with Gasteiger partial charge < -0.3 is 14.2 Å². The van der Waals surface area contributed by atoms with E-state index in [4.69, 9.17) is 4.42 Å². The Morgan fingerprint density at radius 2 is 0.917 bits per heavy atom. The number of rotatable bonds is 7. The van der Waals surface area contributed by atoms with Crippen LogP contribution in [0.3, 0.4) is 0 Å². The summed E-state index contributed by atoms with van der Waals surface area (Å²) in [6.45, 7) is 0. The van der Waals surface area contributed by atoms with E-state index in [1.54, 1.807) is 0 Å². The second-order valence-corrected chi connectivity index (χ2v) is 16.4. The molecule has 0 saturated heterocycles. The van der Waals surface area contributed by atoms with Crippen LogP contribution in [-0.4, -0.2) is 0 Å². The van der Waals surface area contributed by atoms with Crippen molar-refractivity contribution in [2.75, 3.05) is 9.80 Å². The molecule has 0 fully saturated rings. The van der Waals surface area contributed by atoms with E-state index in [9.17, 15) is 0 Å². The Balaban J connectivity index is 1.03. The number of nitrogens with zero attached hydrogens (tertiary/aromatic N) is 2. The standard InChI is InChI=1S/C56H36N2OS/c1-3-14-37(15-4-1)38-26-28-41(29-27-38)57(50-23-13-25-53-56(50)48-22-11-12-24-52(48)59-53)43-30-32-47-49-35-42(31-33-54(49)60-55(47)36-43)58(40-17-5-2-6-18-40)51-34-39-16-7-8-19-44(39)45-20-9-10-21-46(45)51/h1-36H. The van der Waals surface area contributed by atoms with Gasteiger partial charge in [0.05, 0.1) is 16.8 Å². The smallest absolute Gasteiger partial charge is 0.137 e. The van der Waals surface area contributed by atoms with Gasteiger partial charge in [-0.3, -0.25) is 0 Å². The number of fused-ring (bicyclic) bond motifs is 9. The molecule has 0 aliphatic carbocycles. The first-order valence-corrected chi connectivity index (χ1v) is 21.1. The highest BCUT2D eigenvalue weighted by molar-refractivity contribution is 7.25. The van der Waals surface area contributed by atoms with Gasteiger partial charge in [-0.2, -0.15) is 0 Å². The summed E-state index contributed by atoms with van der Waals surface area (Å²) >= 11 is 1.84. The Morgan fingerprint density at radius 1 is 0.317 bits per heavy atom. The summed E-state index contributed by atoms with van der Waals surface area (Å²) in [7, 11) is 0. The zero-order valence-corrected chi connectivity index (χ0v) is 33.3. The van der Waals surface area contributed by atoms with Crippen molar-refractivity contribution in [2.24, 2.45) is 0 Å². The topological polar surface area (TPSA) is 19.6 Å². The van der Waals surface area contributed by atoms with Gasteiger partial charge in [-0.25, -0.2) is 0 Å². The van der Waals surface area contributed by atoms with Gasteiger partial charge in [0.15, 0.2) is 0 Å². The second kappa shape index (κ2) is 14.0. The molecule has 0 radical (unpaired) electrons. The molecule has 2 aromatic heterocycles. The third kappa shape index (κ3) is 5.65. The van der Waals surface area contributed by atoms with Crippen molar-refractivity contribution in [1.82, 2.24) is 0 Å². The number of furan rings is 1. The number of hydrogen-bond acceptors (Lipinski definition) is 4. The molecule has 2 heterocycles. The monoisotopic (exact) mass is 784 g/mol. The van der Waals surface area contributed by atoms with Crippen molar-refractivity contribution >= 4 is 109 Å². The number of hydrogen-bond donors (Lipinski definition) is 0. The highest BCUT2D eigenvalue weighted by atomic mass is 32.1. The van der Waals surface area contributed by atoms with E-state index in [1.165, 1.54) is 52.8 Å². The molecule has 0 bridgehead atoms. The summed E-state index contributed by atoms with van der Waals surface area (Å²) in [6, 6.07) is 78.7. The van der Waals surface area contributed by atoms with E-state index in [0.29, 0.717) is 0 Å². The fourth-order valence-electron chi connectivity index (χ4n) is 9.06. The van der Waals surface area contributed by atoms with Crippen molar-refractivity contribution in [1.29, 1.82) is 0 Å². The average Bonchev–Trinajstić information content (AvgIpc) is 3.88. The zero-order valence-electron chi connectivity index (χ0n) is 32.5. The Labute approximate surface area is 351 Å². The van der Waals surface area contributed by atoms with Gasteiger partial charge in [0, 0.05) is 53.7 Å². The lowest BCUT2D eigenvalue weighted by Gasteiger charge is -2.27. The van der Waals surface area contributed by atoms with Crippen LogP contribution in [0.15, 0.2) is 223 Å². The van der Waals surface area contributed by atoms with Crippen molar-refractivity contribution in [3.63, 3.8) is 0 Å². The van der Waals surface area contributed by atoms with Gasteiger partial charge in [-0.15, -0.1) is 11.3 Å². The number of thiophene rings is 1. The van der Waals surface area contributed by atoms with Crippen LogP contribution in [0, 0.1) is 0 Å². The highest BCUT2D eigenvalue weighted by Gasteiger charge is 2.22. The molecule has 4 heteroatoms. The molecule has 0 amide bonds. The molecule has 0 unspecified atom stereocenters. The van der Waals surface area contributed by atoms with Crippen LogP contribution >= 0.6 is 11.3 Å². The summed E-state index contributed by atoms with van der Waals surface area (Å²) in [6.07, 6.45) is 0. The predicted molar refractivity (Wildman–Crippen MR) is 256 cm³/mol. The van der Waals surface area contributed by atoms with Crippen LogP contribution in [0.5, 0.6) is 0 Å². The molecule has 0 aliphatic heterocycles. The minimum Gasteiger partial charge on any atom is -0.456 e. The minimum absolute atomic E-state index is 0.872. The molecule has 3 nitrogen and oxygen atoms in total. The lowest BCUT2D eigenvalue weighted by Crippen LogP contribution is -2.10. The van der Waals surface area contributed by atoms with Crippen LogP contribution in [0.1, 0.15) is 0 Å². The number of benzene rings is 10. The van der Waals surface area contributed by atoms with E-state index in [-0.39, 0.29) is 0 Å². The fraction of sp³-hybridized carbons (Fsp3) is 0. The van der Waals surface area contributed by atoms with Gasteiger partial charge in [0.25, 0.3) is 0 Å². The molecule has 282 valence electrons. The van der Waals surface area contributed by atoms with Crippen molar-refractivity contribution in [3.05, 3.63) is 218 Å². The van der Waals surface area contributed by atoms with E-state index in [2.05, 4.69) is 222 Å². The second-order valence-electron chi connectivity index (χ2n) is 15.3. The van der Waals surface area contributed by atoms with Gasteiger partial charge in [0.2, 0.25) is 0 Å². The summed E-state index contributed by atoms with van der Waals surface area (Å²) in [5, 5.41) is 9.64. The maximum absolute atomic E-state index is 6.41. The van der Waals surface area contributed by atoms with Crippen LogP contribution in [0.2, 0.25) is 0 Å². The first-order chi connectivity index (χ1) is 29.7. The van der Waals surface area contributed by atoms with Crippen molar-refractivity contribution in [3.8, 4) is 11.1 Å². The molecule has 60 heavy (non-hydrogen) atoms. The molecule has 0 N–H and O–H groups in total. The molecule has 0 saturated carbocycles. The molecule has 12 rings (SSSR count). The molecule has 0 aliphatic rings. The summed E-state index contributed by atoms with van der Waals surface area (Å²) in [5.41, 5.74) is 10.8. The first-order valence-electron chi connectivity index (χ1n) is 20.3. The average molecular weight is 785 g/mol. The van der Waals surface area contributed by atoms with Crippen LogP contribution in [0.25, 0.3) is 74.8 Å². The van der Waals surface area contributed by atoms with Gasteiger partial charge >= 0.3 is 0 Å². The minimum atomic E-state index is 0.872. The summed E-state index contributed by atoms with van der Waals surface area (Å²) < 4.78 is 8.90. The van der Waals surface area contributed by atoms with E-state index < -0.39 is 0 Å². The van der Waals surface area contributed by atoms with Crippen molar-refractivity contribution < 1.29 is 4.42 Å². The lowest BCUT2D eigenvalue weighted by atomic mass is 9.99. The SMILES string of the molecule is c1ccc(-c2ccc(N(c3ccc4c(c3)sc3ccc(N(c5ccccc5)c5cc6ccccc6c6ccccc56)cc34)c3cccc4oc5ccccc5c34)cc2)cc1. The predicted octanol–water partition coefficient (Wildman–Crippen LogP) is 16.9. The van der Waals surface area contributed by atoms with E-state index >= 15 is 0 Å². The van der Waals surface area contributed by atoms with E-state index in [1.807, 2.05) is 17.4 Å². The van der Waals surface area contributed by atoms with Crippen LogP contribution < -0.4 is 9.80 Å². The fourth-order valence-corrected chi connectivity index (χ4v) is 10.2.